The number of hydrogen-bond donors (Lipinski definition) is 0. The molecular formula is C14H25ClN2. The largest absolute Gasteiger partial charge is 0.356 e. The van der Waals surface area contributed by atoms with Crippen LogP contribution in [0.4, 0.5) is 5.69 Å². The zero-order valence-corrected chi connectivity index (χ0v) is 12.2. The third kappa shape index (κ3) is 4.21. The molecule has 1 aromatic carbocycles. The first-order valence-corrected chi connectivity index (χ1v) is 6.30. The average molecular weight is 257 g/mol. The van der Waals surface area contributed by atoms with Crippen LogP contribution >= 0.6 is 12.4 Å². The molecule has 0 aliphatic rings. The number of anilines is 1. The summed E-state index contributed by atoms with van der Waals surface area (Å²) in [7, 11) is 0. The summed E-state index contributed by atoms with van der Waals surface area (Å²) in [6.45, 7) is 12.2. The van der Waals surface area contributed by atoms with Gasteiger partial charge in [-0.2, -0.15) is 0 Å². The molecule has 1 aromatic rings. The molecule has 1 atom stereocenters. The minimum atomic E-state index is 0. The minimum absolute atomic E-state index is 0. The van der Waals surface area contributed by atoms with E-state index < -0.39 is 0 Å². The monoisotopic (exact) mass is 256 g/mol. The molecule has 0 saturated carbocycles. The lowest BCUT2D eigenvalue weighted by Gasteiger charge is -2.37. The Bertz CT molecular complexity index is 286. The van der Waals surface area contributed by atoms with Crippen LogP contribution < -0.4 is 4.90 Å². The van der Waals surface area contributed by atoms with Crippen molar-refractivity contribution in [2.75, 3.05) is 24.5 Å². The Morgan fingerprint density at radius 2 is 1.47 bits per heavy atom. The quantitative estimate of drug-likeness (QED) is 0.718. The molecule has 3 heteroatoms. The van der Waals surface area contributed by atoms with Gasteiger partial charge < -0.3 is 4.90 Å². The Labute approximate surface area is 112 Å². The van der Waals surface area contributed by atoms with E-state index >= 15 is 0 Å². The zero-order valence-electron chi connectivity index (χ0n) is 11.4. The summed E-state index contributed by atoms with van der Waals surface area (Å²) < 4.78 is 0. The highest BCUT2D eigenvalue weighted by atomic mass is 35.5. The topological polar surface area (TPSA) is 6.48 Å². The molecule has 17 heavy (non-hydrogen) atoms. The predicted molar refractivity (Wildman–Crippen MR) is 79.1 cm³/mol. The second kappa shape index (κ2) is 8.37. The first kappa shape index (κ1) is 16.3. The molecule has 0 heterocycles. The number of rotatable bonds is 6. The van der Waals surface area contributed by atoms with E-state index in [4.69, 9.17) is 0 Å². The highest BCUT2D eigenvalue weighted by molar-refractivity contribution is 5.85. The molecule has 0 aromatic heterocycles. The van der Waals surface area contributed by atoms with Gasteiger partial charge in [-0.15, -0.1) is 12.4 Å². The lowest BCUT2D eigenvalue weighted by molar-refractivity contribution is 0.225. The third-order valence-electron chi connectivity index (χ3n) is 3.22. The maximum atomic E-state index is 2.47. The molecule has 1 unspecified atom stereocenters. The molecule has 0 bridgehead atoms. The van der Waals surface area contributed by atoms with E-state index in [-0.39, 0.29) is 12.4 Å². The number of para-hydroxylation sites is 1. The van der Waals surface area contributed by atoms with E-state index in [1.54, 1.807) is 0 Å². The van der Waals surface area contributed by atoms with Crippen LogP contribution in [-0.4, -0.2) is 30.7 Å². The SMILES string of the molecule is CCN(CC)C(C)N(CC)c1ccccc1.Cl. The molecular weight excluding hydrogens is 232 g/mol. The molecule has 0 fully saturated rings. The Hall–Kier alpha value is -0.730. The van der Waals surface area contributed by atoms with Crippen LogP contribution in [0.15, 0.2) is 30.3 Å². The Morgan fingerprint density at radius 1 is 0.941 bits per heavy atom. The first-order chi connectivity index (χ1) is 7.74. The van der Waals surface area contributed by atoms with Gasteiger partial charge in [0.25, 0.3) is 0 Å². The molecule has 98 valence electrons. The minimum Gasteiger partial charge on any atom is -0.356 e. The fraction of sp³-hybridized carbons (Fsp3) is 0.571. The molecule has 2 nitrogen and oxygen atoms in total. The van der Waals surface area contributed by atoms with Crippen molar-refractivity contribution < 1.29 is 0 Å². The molecule has 0 aliphatic heterocycles. The fourth-order valence-electron chi connectivity index (χ4n) is 2.23. The summed E-state index contributed by atoms with van der Waals surface area (Å²) in [5.41, 5.74) is 1.31. The number of nitrogens with zero attached hydrogens (tertiary/aromatic N) is 2. The van der Waals surface area contributed by atoms with Crippen LogP contribution in [0.3, 0.4) is 0 Å². The standard InChI is InChI=1S/C14H24N2.ClH/c1-5-15(6-2)13(4)16(7-3)14-11-9-8-10-12-14;/h8-13H,5-7H2,1-4H3;1H. The van der Waals surface area contributed by atoms with E-state index in [1.165, 1.54) is 5.69 Å². The summed E-state index contributed by atoms with van der Waals surface area (Å²) in [5, 5.41) is 0. The van der Waals surface area contributed by atoms with Crippen molar-refractivity contribution in [1.82, 2.24) is 4.90 Å². The van der Waals surface area contributed by atoms with Gasteiger partial charge in [0.05, 0.1) is 6.17 Å². The third-order valence-corrected chi connectivity index (χ3v) is 3.22. The molecule has 0 N–H and O–H groups in total. The Morgan fingerprint density at radius 3 is 1.88 bits per heavy atom. The highest BCUT2D eigenvalue weighted by Crippen LogP contribution is 2.17. The van der Waals surface area contributed by atoms with Crippen LogP contribution in [0.2, 0.25) is 0 Å². The van der Waals surface area contributed by atoms with Gasteiger partial charge in [-0.25, -0.2) is 0 Å². The van der Waals surface area contributed by atoms with Gasteiger partial charge in [-0.3, -0.25) is 4.90 Å². The fourth-order valence-corrected chi connectivity index (χ4v) is 2.23. The smallest absolute Gasteiger partial charge is 0.0791 e. The molecule has 0 amide bonds. The Balaban J connectivity index is 0.00000256. The number of benzene rings is 1. The first-order valence-electron chi connectivity index (χ1n) is 6.30. The van der Waals surface area contributed by atoms with Gasteiger partial charge in [0.15, 0.2) is 0 Å². The van der Waals surface area contributed by atoms with Gasteiger partial charge in [-0.1, -0.05) is 32.0 Å². The van der Waals surface area contributed by atoms with Crippen molar-refractivity contribution in [1.29, 1.82) is 0 Å². The van der Waals surface area contributed by atoms with E-state index in [1.807, 2.05) is 0 Å². The van der Waals surface area contributed by atoms with Crippen LogP contribution in [0.5, 0.6) is 0 Å². The van der Waals surface area contributed by atoms with E-state index in [2.05, 4.69) is 67.8 Å². The molecule has 0 saturated heterocycles. The van der Waals surface area contributed by atoms with Gasteiger partial charge in [-0.05, 0) is 39.1 Å². The molecule has 0 spiro atoms. The molecule has 0 aliphatic carbocycles. The summed E-state index contributed by atoms with van der Waals surface area (Å²) in [5.74, 6) is 0. The van der Waals surface area contributed by atoms with Crippen molar-refractivity contribution >= 4 is 18.1 Å². The predicted octanol–water partition coefficient (Wildman–Crippen LogP) is 3.62. The summed E-state index contributed by atoms with van der Waals surface area (Å²) in [6, 6.07) is 10.6. The van der Waals surface area contributed by atoms with Crippen molar-refractivity contribution in [3.8, 4) is 0 Å². The van der Waals surface area contributed by atoms with Gasteiger partial charge in [0.2, 0.25) is 0 Å². The Kier molecular flexibility index (Phi) is 8.01. The van der Waals surface area contributed by atoms with Crippen LogP contribution in [0, 0.1) is 0 Å². The van der Waals surface area contributed by atoms with E-state index in [9.17, 15) is 0 Å². The van der Waals surface area contributed by atoms with E-state index in [0.717, 1.165) is 19.6 Å². The summed E-state index contributed by atoms with van der Waals surface area (Å²) in [4.78, 5) is 4.91. The second-order valence-corrected chi connectivity index (χ2v) is 3.97. The normalized spacial score (nSPS) is 12.1. The van der Waals surface area contributed by atoms with Crippen molar-refractivity contribution in [2.45, 2.75) is 33.9 Å². The molecule has 1 rings (SSSR count). The van der Waals surface area contributed by atoms with Gasteiger partial charge in [0, 0.05) is 12.2 Å². The maximum absolute atomic E-state index is 2.47. The zero-order chi connectivity index (χ0) is 12.0. The van der Waals surface area contributed by atoms with E-state index in [0.29, 0.717) is 6.17 Å². The van der Waals surface area contributed by atoms with Crippen LogP contribution in [-0.2, 0) is 0 Å². The summed E-state index contributed by atoms with van der Waals surface area (Å²) in [6.07, 6.45) is 0.461. The summed E-state index contributed by atoms with van der Waals surface area (Å²) >= 11 is 0. The molecule has 0 radical (unpaired) electrons. The maximum Gasteiger partial charge on any atom is 0.0791 e. The second-order valence-electron chi connectivity index (χ2n) is 3.97. The number of halogens is 1. The van der Waals surface area contributed by atoms with Crippen molar-refractivity contribution in [3.05, 3.63) is 30.3 Å². The van der Waals surface area contributed by atoms with Gasteiger partial charge >= 0.3 is 0 Å². The van der Waals surface area contributed by atoms with Crippen LogP contribution in [0.25, 0.3) is 0 Å². The van der Waals surface area contributed by atoms with Crippen LogP contribution in [0.1, 0.15) is 27.7 Å². The number of hydrogen-bond acceptors (Lipinski definition) is 2. The van der Waals surface area contributed by atoms with Gasteiger partial charge in [0.1, 0.15) is 0 Å². The highest BCUT2D eigenvalue weighted by Gasteiger charge is 2.17. The van der Waals surface area contributed by atoms with Crippen molar-refractivity contribution in [3.63, 3.8) is 0 Å². The average Bonchev–Trinajstić information content (AvgIpc) is 2.33. The van der Waals surface area contributed by atoms with Crippen molar-refractivity contribution in [2.24, 2.45) is 0 Å². The lowest BCUT2D eigenvalue weighted by atomic mass is 10.2. The lowest BCUT2D eigenvalue weighted by Crippen LogP contribution is -2.46.